The van der Waals surface area contributed by atoms with Gasteiger partial charge in [-0.15, -0.1) is 0 Å². The van der Waals surface area contributed by atoms with Crippen molar-refractivity contribution in [3.05, 3.63) is 64.7 Å². The maximum absolute atomic E-state index is 12.3. The lowest BCUT2D eigenvalue weighted by Crippen LogP contribution is -2.50. The topological polar surface area (TPSA) is 138 Å². The van der Waals surface area contributed by atoms with Crippen LogP contribution in [0.3, 0.4) is 0 Å². The van der Waals surface area contributed by atoms with Gasteiger partial charge in [0.25, 0.3) is 5.69 Å². The van der Waals surface area contributed by atoms with E-state index < -0.39 is 53.4 Å². The normalized spacial score (nSPS) is 21.5. The Bertz CT molecular complexity index is 1500. The van der Waals surface area contributed by atoms with Crippen molar-refractivity contribution in [2.24, 2.45) is 0 Å². The third-order valence-corrected chi connectivity index (χ3v) is 8.45. The lowest BCUT2D eigenvalue weighted by Gasteiger charge is -2.27. The zero-order valence-electron chi connectivity index (χ0n) is 22.2. The standard InChI is InChI=1S/C27H25N3O9S2/c1-14(31)36-13-20(37-15(2)32)22-23(38-16(3)33)21-25(39-22)28(18-9-11-19(12-10-18)30(34)35)27-29(21)26(40)24(41-27)17-7-5-4-6-8-17/h4-12,20-23,25H,13H2,1-3H3/p+1/t20-,21-,22-,23-,25+/m1/s1. The number of carbonyl (C=O) groups excluding carboxylic acids is 3. The molecular weight excluding hydrogens is 574 g/mol. The fourth-order valence-electron chi connectivity index (χ4n) is 5.10. The van der Waals surface area contributed by atoms with Gasteiger partial charge in [0.1, 0.15) is 18.4 Å². The van der Waals surface area contributed by atoms with Crippen LogP contribution in [0.15, 0.2) is 59.6 Å². The molecule has 0 aliphatic carbocycles. The molecule has 3 aromatic rings. The molecule has 214 valence electrons. The molecule has 2 aliphatic rings. The molecule has 1 aromatic heterocycles. The summed E-state index contributed by atoms with van der Waals surface area (Å²) in [5.74, 6) is -1.81. The van der Waals surface area contributed by atoms with E-state index in [2.05, 4.69) is 0 Å². The van der Waals surface area contributed by atoms with Crippen molar-refractivity contribution in [1.29, 1.82) is 0 Å². The summed E-state index contributed by atoms with van der Waals surface area (Å²) in [6.07, 6.45) is -3.88. The predicted octanol–water partition coefficient (Wildman–Crippen LogP) is 3.74. The van der Waals surface area contributed by atoms with Crippen LogP contribution in [0.2, 0.25) is 0 Å². The Morgan fingerprint density at radius 1 is 1.07 bits per heavy atom. The quantitative estimate of drug-likeness (QED) is 0.102. The van der Waals surface area contributed by atoms with Crippen LogP contribution in [0.4, 0.5) is 16.5 Å². The fraction of sp³-hybridized carbons (Fsp3) is 0.333. The monoisotopic (exact) mass is 600 g/mol. The van der Waals surface area contributed by atoms with Crippen molar-refractivity contribution in [2.45, 2.75) is 56.4 Å². The number of hydrogen-bond donors (Lipinski definition) is 1. The van der Waals surface area contributed by atoms with Gasteiger partial charge >= 0.3 is 23.0 Å². The van der Waals surface area contributed by atoms with Crippen LogP contribution < -0.4 is 9.47 Å². The highest BCUT2D eigenvalue weighted by Crippen LogP contribution is 2.50. The van der Waals surface area contributed by atoms with Crippen LogP contribution in [0.5, 0.6) is 0 Å². The van der Waals surface area contributed by atoms with E-state index in [9.17, 15) is 24.5 Å². The first-order valence-electron chi connectivity index (χ1n) is 12.6. The largest absolute Gasteiger partial charge is 0.462 e. The molecule has 1 saturated heterocycles. The minimum atomic E-state index is -1.09. The summed E-state index contributed by atoms with van der Waals surface area (Å²) in [4.78, 5) is 49.5. The van der Waals surface area contributed by atoms with Crippen molar-refractivity contribution in [3.8, 4) is 10.4 Å². The van der Waals surface area contributed by atoms with Crippen molar-refractivity contribution in [1.82, 2.24) is 0 Å². The molecule has 1 fully saturated rings. The summed E-state index contributed by atoms with van der Waals surface area (Å²) >= 11 is 6.32. The molecule has 0 unspecified atom stereocenters. The first-order valence-corrected chi connectivity index (χ1v) is 13.8. The van der Waals surface area contributed by atoms with E-state index >= 15 is 0 Å². The van der Waals surface area contributed by atoms with Crippen LogP contribution in [0.25, 0.3) is 10.4 Å². The molecule has 2 aliphatic heterocycles. The van der Waals surface area contributed by atoms with Gasteiger partial charge in [0, 0.05) is 32.9 Å². The highest BCUT2D eigenvalue weighted by molar-refractivity contribution is 7.80. The third-order valence-electron chi connectivity index (χ3n) is 6.65. The minimum Gasteiger partial charge on any atom is -0.462 e. The van der Waals surface area contributed by atoms with Crippen molar-refractivity contribution in [3.63, 3.8) is 0 Å². The molecule has 5 rings (SSSR count). The number of nitro benzene ring substituents is 1. The van der Waals surface area contributed by atoms with Crippen LogP contribution in [-0.2, 0) is 33.3 Å². The van der Waals surface area contributed by atoms with Gasteiger partial charge in [-0.3, -0.25) is 24.5 Å². The maximum Gasteiger partial charge on any atom is 0.345 e. The Labute approximate surface area is 243 Å². The lowest BCUT2D eigenvalue weighted by molar-refractivity contribution is -0.736. The van der Waals surface area contributed by atoms with Crippen LogP contribution in [-0.4, -0.2) is 54.0 Å². The average molecular weight is 601 g/mol. The molecule has 41 heavy (non-hydrogen) atoms. The molecule has 0 bridgehead atoms. The van der Waals surface area contributed by atoms with Crippen LogP contribution >= 0.6 is 24.0 Å². The molecule has 14 heteroatoms. The number of aromatic nitrogens is 1. The van der Waals surface area contributed by atoms with Gasteiger partial charge in [-0.1, -0.05) is 43.0 Å². The number of carbonyl (C=O) groups is 3. The summed E-state index contributed by atoms with van der Waals surface area (Å²) in [5, 5.41) is 12.6. The number of thiazole rings is 1. The van der Waals surface area contributed by atoms with E-state index in [0.29, 0.717) is 15.8 Å². The van der Waals surface area contributed by atoms with E-state index in [1.807, 2.05) is 39.8 Å². The molecule has 2 aromatic carbocycles. The molecular formula is C27H26N3O9S2+. The van der Waals surface area contributed by atoms with Gasteiger partial charge in [0.15, 0.2) is 17.2 Å². The van der Waals surface area contributed by atoms with Gasteiger partial charge in [-0.2, -0.15) is 9.47 Å². The number of rotatable bonds is 8. The number of nitrogens with zero attached hydrogens (tertiary/aromatic N) is 3. The van der Waals surface area contributed by atoms with Crippen molar-refractivity contribution >= 4 is 58.4 Å². The first kappa shape index (κ1) is 28.5. The second-order valence-corrected chi connectivity index (χ2v) is 10.8. The Morgan fingerprint density at radius 2 is 1.76 bits per heavy atom. The van der Waals surface area contributed by atoms with E-state index in [0.717, 1.165) is 10.4 Å². The average Bonchev–Trinajstić information content (AvgIpc) is 3.54. The van der Waals surface area contributed by atoms with Gasteiger partial charge < -0.3 is 18.9 Å². The fourth-order valence-corrected chi connectivity index (χ4v) is 6.91. The zero-order chi connectivity index (χ0) is 29.4. The van der Waals surface area contributed by atoms with Crippen LogP contribution in [0.1, 0.15) is 26.8 Å². The van der Waals surface area contributed by atoms with E-state index in [1.54, 1.807) is 12.1 Å². The van der Waals surface area contributed by atoms with Gasteiger partial charge in [0.2, 0.25) is 12.3 Å². The van der Waals surface area contributed by atoms with E-state index in [4.69, 9.17) is 31.6 Å². The number of nitro groups is 1. The molecule has 12 nitrogen and oxygen atoms in total. The number of fused-ring (bicyclic) bond motifs is 3. The number of hydrogen-bond acceptors (Lipinski definition) is 12. The summed E-state index contributed by atoms with van der Waals surface area (Å²) in [6.45, 7) is 3.37. The second kappa shape index (κ2) is 11.5. The van der Waals surface area contributed by atoms with Crippen molar-refractivity contribution < 1.29 is 42.8 Å². The Balaban J connectivity index is 1.65. The van der Waals surface area contributed by atoms with E-state index in [1.165, 1.54) is 44.2 Å². The third kappa shape index (κ3) is 5.49. The highest BCUT2D eigenvalue weighted by Gasteiger charge is 2.65. The number of thiol groups is 1. The lowest BCUT2D eigenvalue weighted by atomic mass is 10.0. The molecule has 0 saturated carbocycles. The molecule has 0 amide bonds. The highest BCUT2D eigenvalue weighted by atomic mass is 32.1. The smallest absolute Gasteiger partial charge is 0.345 e. The second-order valence-electron chi connectivity index (χ2n) is 9.42. The summed E-state index contributed by atoms with van der Waals surface area (Å²) in [7, 11) is 0. The van der Waals surface area contributed by atoms with Gasteiger partial charge in [-0.25, -0.2) is 0 Å². The molecule has 0 N–H and O–H groups in total. The maximum atomic E-state index is 12.3. The summed E-state index contributed by atoms with van der Waals surface area (Å²) in [6, 6.07) is 14.9. The zero-order valence-corrected chi connectivity index (χ0v) is 23.9. The molecule has 0 spiro atoms. The number of esters is 3. The Hall–Kier alpha value is -4.01. The molecule has 0 radical (unpaired) electrons. The van der Waals surface area contributed by atoms with Crippen LogP contribution in [0, 0.1) is 10.1 Å². The SMILES string of the molecule is CC(=O)OC[C@@H](OC(C)=O)[C@H]1O[C@H]2[C@@H]([C@H]1OC(C)=O)[n+]1c(sc(-c3ccccc3)c1S)N2c1ccc([N+](=O)[O-])cc1. The van der Waals surface area contributed by atoms with E-state index in [-0.39, 0.29) is 12.3 Å². The number of anilines is 2. The van der Waals surface area contributed by atoms with Gasteiger partial charge in [0.05, 0.1) is 9.80 Å². The number of ether oxygens (including phenoxy) is 4. The minimum absolute atomic E-state index is 0.0808. The first-order chi connectivity index (χ1) is 19.6. The number of non-ortho nitro benzene ring substituents is 1. The molecule has 3 heterocycles. The number of benzene rings is 2. The summed E-state index contributed by atoms with van der Waals surface area (Å²) < 4.78 is 24.8. The Morgan fingerprint density at radius 3 is 2.34 bits per heavy atom. The molecule has 5 atom stereocenters. The summed E-state index contributed by atoms with van der Waals surface area (Å²) in [5.41, 5.74) is 1.41. The van der Waals surface area contributed by atoms with Gasteiger partial charge in [-0.05, 0) is 29.0 Å². The predicted molar refractivity (Wildman–Crippen MR) is 148 cm³/mol. The Kier molecular flexibility index (Phi) is 7.98. The van der Waals surface area contributed by atoms with Crippen molar-refractivity contribution in [2.75, 3.05) is 11.5 Å².